The monoisotopic (exact) mass is 724 g/mol. The number of hydrogen-bond donors (Lipinski definition) is 1. The Balaban J connectivity index is 1.27. The van der Waals surface area contributed by atoms with Crippen LogP contribution in [-0.2, 0) is 26.2 Å². The van der Waals surface area contributed by atoms with Crippen LogP contribution in [0, 0.1) is 49.9 Å². The van der Waals surface area contributed by atoms with E-state index in [9.17, 15) is 19.5 Å². The number of carbonyl (C=O) groups is 4. The van der Waals surface area contributed by atoms with Crippen molar-refractivity contribution in [3.63, 3.8) is 0 Å². The number of benzene rings is 2. The third-order valence-electron chi connectivity index (χ3n) is 12.0. The van der Waals surface area contributed by atoms with Gasteiger partial charge in [-0.2, -0.15) is 5.10 Å². The molecule has 0 bridgehead atoms. The molecule has 264 valence electrons. The predicted molar refractivity (Wildman–Crippen MR) is 198 cm³/mol. The molecule has 4 amide bonds. The minimum atomic E-state index is -1.20. The Labute approximate surface area is 305 Å². The van der Waals surface area contributed by atoms with Crippen molar-refractivity contribution in [3.05, 3.63) is 75.3 Å². The molecule has 2 saturated heterocycles. The molecule has 9 nitrogen and oxygen atoms in total. The predicted octanol–water partition coefficient (Wildman–Crippen LogP) is 7.62. The van der Waals surface area contributed by atoms with Gasteiger partial charge in [0.15, 0.2) is 0 Å². The Morgan fingerprint density at radius 1 is 0.961 bits per heavy atom. The average Bonchev–Trinajstić information content (AvgIpc) is 3.73. The van der Waals surface area contributed by atoms with Gasteiger partial charge in [-0.15, -0.1) is 11.3 Å². The second kappa shape index (κ2) is 11.1. The van der Waals surface area contributed by atoms with Crippen molar-refractivity contribution < 1.29 is 24.3 Å². The Hall–Kier alpha value is -4.28. The highest BCUT2D eigenvalue weighted by Crippen LogP contribution is 2.64. The topological polar surface area (TPSA) is 113 Å². The number of amides is 4. The molecule has 0 unspecified atom stereocenters. The number of aryl methyl sites for hydroxylation is 4. The number of halogens is 1. The maximum Gasteiger partial charge on any atom is 0.242 e. The van der Waals surface area contributed by atoms with Gasteiger partial charge in [-0.3, -0.25) is 28.8 Å². The van der Waals surface area contributed by atoms with E-state index in [1.807, 2.05) is 84.9 Å². The Kier molecular flexibility index (Phi) is 7.37. The molecule has 6 atom stereocenters. The molecular weight excluding hydrogens is 684 g/mol. The SMILES string of the molecule is Cc1cc([C@H]2C3=CC[C@@H]4C(=O)N(C(C)(C)C)C(=O)[C@@H]4[C@@H]3C[C@H]3C(=O)N(c4cc(-c5sc6ccc(Cl)cc6c5C)nn4C)C(=O)[C@@]23C)cc(C)c1O. The lowest BCUT2D eigenvalue weighted by molar-refractivity contribution is -0.145. The quantitative estimate of drug-likeness (QED) is 0.172. The van der Waals surface area contributed by atoms with Crippen LogP contribution in [0.1, 0.15) is 68.7 Å². The summed E-state index contributed by atoms with van der Waals surface area (Å²) in [6.45, 7) is 13.2. The van der Waals surface area contributed by atoms with E-state index in [0.29, 0.717) is 34.1 Å². The van der Waals surface area contributed by atoms with Gasteiger partial charge in [-0.05, 0) is 113 Å². The summed E-state index contributed by atoms with van der Waals surface area (Å²) >= 11 is 7.90. The van der Waals surface area contributed by atoms with Crippen molar-refractivity contribution in [2.24, 2.45) is 36.1 Å². The van der Waals surface area contributed by atoms with Crippen molar-refractivity contribution in [2.45, 2.75) is 72.8 Å². The maximum atomic E-state index is 15.1. The minimum absolute atomic E-state index is 0.175. The molecule has 0 spiro atoms. The van der Waals surface area contributed by atoms with Crippen LogP contribution in [0.2, 0.25) is 5.02 Å². The van der Waals surface area contributed by atoms with E-state index in [4.69, 9.17) is 16.7 Å². The fourth-order valence-corrected chi connectivity index (χ4v) is 11.0. The molecule has 2 aliphatic heterocycles. The van der Waals surface area contributed by atoms with Gasteiger partial charge in [-0.25, -0.2) is 4.90 Å². The summed E-state index contributed by atoms with van der Waals surface area (Å²) in [4.78, 5) is 61.5. The van der Waals surface area contributed by atoms with Crippen molar-refractivity contribution >= 4 is 62.5 Å². The number of carbonyl (C=O) groups excluding carboxylic acids is 4. The molecule has 11 heteroatoms. The Bertz CT molecular complexity index is 2260. The highest BCUT2D eigenvalue weighted by atomic mass is 35.5. The largest absolute Gasteiger partial charge is 0.507 e. The molecule has 8 rings (SSSR count). The summed E-state index contributed by atoms with van der Waals surface area (Å²) in [5.74, 6) is -3.34. The van der Waals surface area contributed by atoms with Crippen LogP contribution in [0.5, 0.6) is 5.75 Å². The van der Waals surface area contributed by atoms with Crippen molar-refractivity contribution in [3.8, 4) is 16.3 Å². The van der Waals surface area contributed by atoms with Gasteiger partial charge >= 0.3 is 0 Å². The molecule has 51 heavy (non-hydrogen) atoms. The average molecular weight is 725 g/mol. The van der Waals surface area contributed by atoms with E-state index in [2.05, 4.69) is 6.08 Å². The molecule has 4 aliphatic rings. The Morgan fingerprint density at radius 2 is 1.65 bits per heavy atom. The number of imide groups is 2. The number of anilines is 1. The van der Waals surface area contributed by atoms with Crippen LogP contribution in [-0.4, -0.2) is 49.0 Å². The highest BCUT2D eigenvalue weighted by Gasteiger charge is 2.68. The number of phenols is 1. The molecule has 2 aliphatic carbocycles. The van der Waals surface area contributed by atoms with Crippen LogP contribution in [0.3, 0.4) is 0 Å². The second-order valence-corrected chi connectivity index (χ2v) is 17.5. The van der Waals surface area contributed by atoms with Crippen molar-refractivity contribution in [2.75, 3.05) is 4.90 Å². The molecule has 1 saturated carbocycles. The normalized spacial score (nSPS) is 27.7. The summed E-state index contributed by atoms with van der Waals surface area (Å²) in [6, 6.07) is 11.4. The highest BCUT2D eigenvalue weighted by molar-refractivity contribution is 7.22. The van der Waals surface area contributed by atoms with Gasteiger partial charge in [0.25, 0.3) is 0 Å². The molecule has 2 aromatic carbocycles. The van der Waals surface area contributed by atoms with Crippen LogP contribution in [0.15, 0.2) is 48.0 Å². The first-order valence-corrected chi connectivity index (χ1v) is 18.6. The number of fused-ring (bicyclic) bond motifs is 5. The van der Waals surface area contributed by atoms with Crippen molar-refractivity contribution in [1.29, 1.82) is 0 Å². The minimum Gasteiger partial charge on any atom is -0.507 e. The van der Waals surface area contributed by atoms with E-state index in [1.165, 1.54) is 9.80 Å². The molecule has 3 fully saturated rings. The number of rotatable bonds is 3. The number of aromatic nitrogens is 2. The van der Waals surface area contributed by atoms with Gasteiger partial charge in [0.2, 0.25) is 23.6 Å². The fraction of sp³-hybridized carbons (Fsp3) is 0.425. The number of allylic oxidation sites excluding steroid dienone is 2. The molecule has 1 N–H and O–H groups in total. The van der Waals surface area contributed by atoms with Crippen LogP contribution in [0.4, 0.5) is 5.82 Å². The first-order chi connectivity index (χ1) is 23.9. The molecule has 2 aromatic heterocycles. The third-order valence-corrected chi connectivity index (χ3v) is 13.5. The smallest absolute Gasteiger partial charge is 0.242 e. The summed E-state index contributed by atoms with van der Waals surface area (Å²) in [5, 5.41) is 17.2. The number of aromatic hydroxyl groups is 1. The van der Waals surface area contributed by atoms with Gasteiger partial charge in [0, 0.05) is 34.3 Å². The van der Waals surface area contributed by atoms with E-state index >= 15 is 4.79 Å². The van der Waals surface area contributed by atoms with E-state index < -0.39 is 40.5 Å². The van der Waals surface area contributed by atoms with Gasteiger partial charge in [0.1, 0.15) is 17.3 Å². The summed E-state index contributed by atoms with van der Waals surface area (Å²) < 4.78 is 2.65. The van der Waals surface area contributed by atoms with Crippen molar-refractivity contribution in [1.82, 2.24) is 14.7 Å². The number of phenolic OH excluding ortho intramolecular Hbond substituents is 1. The van der Waals surface area contributed by atoms with E-state index in [-0.39, 0.29) is 35.8 Å². The number of nitrogens with zero attached hydrogens (tertiary/aromatic N) is 4. The standard InChI is InChI=1S/C40H41ClN4O5S/c1-18-13-21(14-19(2)33(18)46)32-23-10-11-24-31(37(49)45(35(24)47)39(4,5)6)26(23)16-27-36(48)44(38(50)40(27,32)7)30-17-28(42-43(30)8)34-20(3)25-15-22(41)9-12-29(25)51-34/h9-10,12-15,17,24,26-27,31-32,46H,11,16H2,1-8H3/t24-,26+,27-,31-,32-,40+/m0/s1. The number of hydrogen-bond acceptors (Lipinski definition) is 7. The summed E-state index contributed by atoms with van der Waals surface area (Å²) in [5.41, 5.74) is 2.84. The first-order valence-electron chi connectivity index (χ1n) is 17.4. The molecule has 4 aromatic rings. The van der Waals surface area contributed by atoms with Crippen LogP contribution >= 0.6 is 22.9 Å². The lowest BCUT2D eigenvalue weighted by Gasteiger charge is -2.49. The second-order valence-electron chi connectivity index (χ2n) is 16.1. The van der Waals surface area contributed by atoms with E-state index in [0.717, 1.165) is 31.7 Å². The number of thiophene rings is 1. The summed E-state index contributed by atoms with van der Waals surface area (Å²) in [7, 11) is 1.74. The van der Waals surface area contributed by atoms with Crippen LogP contribution in [0.25, 0.3) is 20.7 Å². The molecule has 0 radical (unpaired) electrons. The summed E-state index contributed by atoms with van der Waals surface area (Å²) in [6.07, 6.45) is 2.72. The zero-order valence-corrected chi connectivity index (χ0v) is 31.6. The van der Waals surface area contributed by atoms with Gasteiger partial charge < -0.3 is 5.11 Å². The first kappa shape index (κ1) is 33.8. The maximum absolute atomic E-state index is 15.1. The Morgan fingerprint density at radius 3 is 2.31 bits per heavy atom. The van der Waals surface area contributed by atoms with E-state index in [1.54, 1.807) is 23.1 Å². The van der Waals surface area contributed by atoms with Crippen LogP contribution < -0.4 is 4.90 Å². The van der Waals surface area contributed by atoms with Gasteiger partial charge in [-0.1, -0.05) is 35.4 Å². The lowest BCUT2D eigenvalue weighted by atomic mass is 9.51. The zero-order chi connectivity index (χ0) is 36.6. The zero-order valence-electron chi connectivity index (χ0n) is 30.0. The molecular formula is C40H41ClN4O5S. The van der Waals surface area contributed by atoms with Gasteiger partial charge in [0.05, 0.1) is 28.0 Å². The third kappa shape index (κ3) is 4.61. The fourth-order valence-electron chi connectivity index (χ4n) is 9.65. The number of likely N-dealkylation sites (tertiary alicyclic amines) is 1. The molecule has 4 heterocycles. The lowest BCUT2D eigenvalue weighted by Crippen LogP contribution is -2.49.